The van der Waals surface area contributed by atoms with E-state index in [9.17, 15) is 8.42 Å². The summed E-state index contributed by atoms with van der Waals surface area (Å²) in [5.41, 5.74) is 0.196. The van der Waals surface area contributed by atoms with Crippen molar-refractivity contribution >= 4 is 10.0 Å². The van der Waals surface area contributed by atoms with E-state index in [1.54, 1.807) is 11.4 Å². The van der Waals surface area contributed by atoms with Gasteiger partial charge in [0.2, 0.25) is 10.0 Å². The fraction of sp³-hybridized carbons (Fsp3) is 1.00. The summed E-state index contributed by atoms with van der Waals surface area (Å²) in [5, 5.41) is 0. The summed E-state index contributed by atoms with van der Waals surface area (Å²) in [6, 6.07) is 0.503. The van der Waals surface area contributed by atoms with E-state index in [2.05, 4.69) is 4.90 Å². The van der Waals surface area contributed by atoms with E-state index < -0.39 is 10.0 Å². The normalized spacial score (nSPS) is 28.3. The smallest absolute Gasteiger partial charge is 0.214 e. The van der Waals surface area contributed by atoms with Crippen LogP contribution in [0.15, 0.2) is 0 Å². The van der Waals surface area contributed by atoms with E-state index in [4.69, 9.17) is 9.47 Å². The van der Waals surface area contributed by atoms with Crippen LogP contribution in [-0.2, 0) is 19.5 Å². The fourth-order valence-corrected chi connectivity index (χ4v) is 6.73. The van der Waals surface area contributed by atoms with Gasteiger partial charge in [-0.25, -0.2) is 12.7 Å². The van der Waals surface area contributed by atoms with Crippen LogP contribution >= 0.6 is 0 Å². The Balaban J connectivity index is 1.59. The van der Waals surface area contributed by atoms with Gasteiger partial charge < -0.3 is 9.47 Å². The van der Waals surface area contributed by atoms with Crippen molar-refractivity contribution in [1.29, 1.82) is 0 Å². The Morgan fingerprint density at radius 2 is 1.77 bits per heavy atom. The molecule has 3 rings (SSSR count). The first kappa shape index (κ1) is 20.5. The first-order chi connectivity index (χ1) is 12.5. The van der Waals surface area contributed by atoms with Crippen LogP contribution in [0.3, 0.4) is 0 Å². The fourth-order valence-electron chi connectivity index (χ4n) is 5.19. The highest BCUT2D eigenvalue weighted by molar-refractivity contribution is 7.89. The highest BCUT2D eigenvalue weighted by Gasteiger charge is 2.56. The number of hydrogen-bond donors (Lipinski definition) is 0. The minimum Gasteiger partial charge on any atom is -0.382 e. The van der Waals surface area contributed by atoms with Crippen molar-refractivity contribution in [2.24, 2.45) is 0 Å². The maximum absolute atomic E-state index is 12.3. The number of rotatable bonds is 8. The molecule has 3 aliphatic rings. The molecule has 0 amide bonds. The Morgan fingerprint density at radius 3 is 2.38 bits per heavy atom. The monoisotopic (exact) mass is 388 g/mol. The summed E-state index contributed by atoms with van der Waals surface area (Å²) in [6.45, 7) is 5.60. The lowest BCUT2D eigenvalue weighted by molar-refractivity contribution is -0.203. The van der Waals surface area contributed by atoms with Crippen LogP contribution in [0.4, 0.5) is 0 Å². The van der Waals surface area contributed by atoms with Crippen molar-refractivity contribution in [2.75, 3.05) is 45.7 Å². The second-order valence-corrected chi connectivity index (χ2v) is 10.2. The second kappa shape index (κ2) is 8.86. The summed E-state index contributed by atoms with van der Waals surface area (Å²) in [7, 11) is -1.34. The van der Waals surface area contributed by atoms with Crippen molar-refractivity contribution in [1.82, 2.24) is 9.21 Å². The molecule has 1 saturated carbocycles. The van der Waals surface area contributed by atoms with E-state index in [1.807, 2.05) is 6.92 Å². The molecule has 0 radical (unpaired) electrons. The quantitative estimate of drug-likeness (QED) is 0.597. The van der Waals surface area contributed by atoms with Crippen molar-refractivity contribution in [2.45, 2.75) is 76.0 Å². The zero-order valence-corrected chi connectivity index (χ0v) is 17.3. The molecule has 2 aliphatic heterocycles. The second-order valence-electron chi connectivity index (χ2n) is 8.12. The van der Waals surface area contributed by atoms with Crippen LogP contribution in [-0.4, -0.2) is 81.0 Å². The molecular formula is C19H36N2O4S. The number of ether oxygens (including phenoxy) is 2. The molecule has 152 valence electrons. The molecule has 3 fully saturated rings. The molecule has 7 heteroatoms. The lowest BCUT2D eigenvalue weighted by Gasteiger charge is -2.63. The van der Waals surface area contributed by atoms with Gasteiger partial charge in [-0.1, -0.05) is 26.2 Å². The molecule has 1 atom stereocenters. The number of sulfonamides is 1. The van der Waals surface area contributed by atoms with Gasteiger partial charge in [0.25, 0.3) is 0 Å². The van der Waals surface area contributed by atoms with E-state index in [1.165, 1.54) is 32.1 Å². The van der Waals surface area contributed by atoms with E-state index in [-0.39, 0.29) is 11.3 Å². The van der Waals surface area contributed by atoms with Gasteiger partial charge in [-0.15, -0.1) is 0 Å². The number of nitrogens with zero attached hydrogens (tertiary/aromatic N) is 2. The number of hydrogen-bond acceptors (Lipinski definition) is 5. The van der Waals surface area contributed by atoms with E-state index >= 15 is 0 Å². The summed E-state index contributed by atoms with van der Waals surface area (Å²) in [6.07, 6.45) is 9.25. The zero-order chi connectivity index (χ0) is 18.6. The molecule has 1 spiro atoms. The summed E-state index contributed by atoms with van der Waals surface area (Å²) >= 11 is 0. The maximum Gasteiger partial charge on any atom is 0.214 e. The zero-order valence-electron chi connectivity index (χ0n) is 16.5. The summed E-state index contributed by atoms with van der Waals surface area (Å²) < 4.78 is 37.7. The van der Waals surface area contributed by atoms with Gasteiger partial charge in [0.05, 0.1) is 25.1 Å². The van der Waals surface area contributed by atoms with Crippen LogP contribution in [0.1, 0.15) is 58.3 Å². The number of piperidine rings is 1. The topological polar surface area (TPSA) is 59.1 Å². The van der Waals surface area contributed by atoms with Gasteiger partial charge in [-0.05, 0) is 32.1 Å². The minimum atomic E-state index is -3.05. The molecular weight excluding hydrogens is 352 g/mol. The van der Waals surface area contributed by atoms with Gasteiger partial charge in [-0.2, -0.15) is 0 Å². The van der Waals surface area contributed by atoms with E-state index in [0.717, 1.165) is 19.4 Å². The standard InChI is InChI=1S/C19H36N2O4S/c1-3-15-26(22,23)20-11-7-17(8-12-20)21-16-18(25-14-13-24-2)19(21)9-5-4-6-10-19/h17-18H,3-16H2,1-2H3. The molecule has 0 N–H and O–H groups in total. The molecule has 0 aromatic rings. The average molecular weight is 389 g/mol. The predicted molar refractivity (Wildman–Crippen MR) is 103 cm³/mol. The van der Waals surface area contributed by atoms with Gasteiger partial charge >= 0.3 is 0 Å². The maximum atomic E-state index is 12.3. The molecule has 1 unspecified atom stereocenters. The molecule has 0 aromatic heterocycles. The van der Waals surface area contributed by atoms with Crippen LogP contribution in [0.5, 0.6) is 0 Å². The molecule has 26 heavy (non-hydrogen) atoms. The first-order valence-corrected chi connectivity index (χ1v) is 12.0. The van der Waals surface area contributed by atoms with Crippen LogP contribution in [0.25, 0.3) is 0 Å². The van der Waals surface area contributed by atoms with Gasteiger partial charge in [0, 0.05) is 38.3 Å². The Labute approximate surface area is 159 Å². The van der Waals surface area contributed by atoms with Crippen molar-refractivity contribution in [3.05, 3.63) is 0 Å². The highest BCUT2D eigenvalue weighted by Crippen LogP contribution is 2.47. The Hall–Kier alpha value is -0.210. The SMILES string of the molecule is CCCS(=O)(=O)N1CCC(N2CC(OCCOC)C23CCCCC3)CC1. The molecule has 6 nitrogen and oxygen atoms in total. The third-order valence-electron chi connectivity index (χ3n) is 6.58. The van der Waals surface area contributed by atoms with Crippen molar-refractivity contribution in [3.63, 3.8) is 0 Å². The molecule has 2 saturated heterocycles. The van der Waals surface area contributed by atoms with E-state index in [0.29, 0.717) is 44.9 Å². The van der Waals surface area contributed by atoms with Crippen molar-refractivity contribution < 1.29 is 17.9 Å². The molecule has 2 heterocycles. The Bertz CT molecular complexity index is 540. The summed E-state index contributed by atoms with van der Waals surface area (Å²) in [4.78, 5) is 2.67. The third kappa shape index (κ3) is 4.12. The van der Waals surface area contributed by atoms with Gasteiger partial charge in [0.15, 0.2) is 0 Å². The largest absolute Gasteiger partial charge is 0.382 e. The third-order valence-corrected chi connectivity index (χ3v) is 8.66. The Morgan fingerprint density at radius 1 is 1.08 bits per heavy atom. The first-order valence-electron chi connectivity index (χ1n) is 10.4. The Kier molecular flexibility index (Phi) is 6.99. The average Bonchev–Trinajstić information content (AvgIpc) is 2.65. The van der Waals surface area contributed by atoms with Crippen LogP contribution in [0.2, 0.25) is 0 Å². The summed E-state index contributed by atoms with van der Waals surface area (Å²) in [5.74, 6) is 0.279. The predicted octanol–water partition coefficient (Wildman–Crippen LogP) is 2.24. The molecule has 1 aliphatic carbocycles. The number of likely N-dealkylation sites (tertiary alicyclic amines) is 1. The van der Waals surface area contributed by atoms with Crippen LogP contribution in [0, 0.1) is 0 Å². The lowest BCUT2D eigenvalue weighted by atomic mass is 9.69. The number of methoxy groups -OCH3 is 1. The van der Waals surface area contributed by atoms with Crippen molar-refractivity contribution in [3.8, 4) is 0 Å². The van der Waals surface area contributed by atoms with Gasteiger partial charge in [-0.3, -0.25) is 4.90 Å². The highest BCUT2D eigenvalue weighted by atomic mass is 32.2. The minimum absolute atomic E-state index is 0.196. The van der Waals surface area contributed by atoms with Gasteiger partial charge in [0.1, 0.15) is 0 Å². The molecule has 0 aromatic carbocycles. The molecule has 0 bridgehead atoms. The lowest BCUT2D eigenvalue weighted by Crippen LogP contribution is -2.75. The van der Waals surface area contributed by atoms with Crippen LogP contribution < -0.4 is 0 Å².